The zero-order valence-corrected chi connectivity index (χ0v) is 6.15. The van der Waals surface area contributed by atoms with Crippen LogP contribution in [0.25, 0.3) is 0 Å². The summed E-state index contributed by atoms with van der Waals surface area (Å²) in [5, 5.41) is 10.4. The van der Waals surface area contributed by atoms with Gasteiger partial charge in [-0.05, 0) is 12.1 Å². The first-order valence-electron chi connectivity index (χ1n) is 3.11. The van der Waals surface area contributed by atoms with Crippen LogP contribution in [0.2, 0.25) is 0 Å². The Kier molecular flexibility index (Phi) is 1.74. The number of anilines is 3. The van der Waals surface area contributed by atoms with E-state index in [2.05, 4.69) is 0 Å². The number of nitro benzene ring substituents is 1. The Bertz CT molecular complexity index is 313. The van der Waals surface area contributed by atoms with Gasteiger partial charge in [0.05, 0.1) is 4.92 Å². The lowest BCUT2D eigenvalue weighted by molar-refractivity contribution is -0.382. The summed E-state index contributed by atoms with van der Waals surface area (Å²) < 4.78 is 0. The lowest BCUT2D eigenvalue weighted by atomic mass is 10.2. The third-order valence-electron chi connectivity index (χ3n) is 1.37. The molecule has 6 heteroatoms. The summed E-state index contributed by atoms with van der Waals surface area (Å²) in [6.45, 7) is 0. The molecule has 0 radical (unpaired) electrons. The van der Waals surface area contributed by atoms with Crippen molar-refractivity contribution in [2.75, 3.05) is 17.2 Å². The maximum atomic E-state index is 10.4. The average molecular weight is 168 g/mol. The van der Waals surface area contributed by atoms with Crippen LogP contribution in [0, 0.1) is 10.1 Å². The number of benzene rings is 1. The lowest BCUT2D eigenvalue weighted by Crippen LogP contribution is -2.01. The first-order valence-corrected chi connectivity index (χ1v) is 3.11. The van der Waals surface area contributed by atoms with Gasteiger partial charge in [-0.1, -0.05) is 0 Å². The van der Waals surface area contributed by atoms with E-state index >= 15 is 0 Å². The van der Waals surface area contributed by atoms with Gasteiger partial charge in [-0.3, -0.25) is 10.1 Å². The molecule has 0 aliphatic heterocycles. The summed E-state index contributed by atoms with van der Waals surface area (Å²) in [6.07, 6.45) is 0. The molecule has 0 saturated heterocycles. The fraction of sp³-hybridized carbons (Fsp3) is 0. The molecule has 0 atom stereocenters. The molecule has 1 rings (SSSR count). The Hall–Kier alpha value is -1.98. The van der Waals surface area contributed by atoms with Crippen LogP contribution in [-0.4, -0.2) is 4.92 Å². The summed E-state index contributed by atoms with van der Waals surface area (Å²) in [6, 6.07) is 2.60. The number of nitrogens with zero attached hydrogens (tertiary/aromatic N) is 1. The lowest BCUT2D eigenvalue weighted by Gasteiger charge is -2.01. The smallest absolute Gasteiger partial charge is 0.314 e. The number of nitro groups is 1. The van der Waals surface area contributed by atoms with Crippen LogP contribution >= 0.6 is 0 Å². The minimum atomic E-state index is -0.635. The van der Waals surface area contributed by atoms with Gasteiger partial charge in [-0.15, -0.1) is 0 Å². The SMILES string of the molecule is Nc1cc(N)c([N+](=O)[O-])c(N)c1. The zero-order chi connectivity index (χ0) is 9.30. The van der Waals surface area contributed by atoms with E-state index in [0.29, 0.717) is 5.69 Å². The Morgan fingerprint density at radius 1 is 1.17 bits per heavy atom. The van der Waals surface area contributed by atoms with E-state index in [-0.39, 0.29) is 17.1 Å². The third kappa shape index (κ3) is 1.22. The molecule has 6 N–H and O–H groups in total. The van der Waals surface area contributed by atoms with Gasteiger partial charge in [0.2, 0.25) is 0 Å². The Labute approximate surface area is 68.1 Å². The first kappa shape index (κ1) is 8.12. The topological polar surface area (TPSA) is 121 Å². The quantitative estimate of drug-likeness (QED) is 0.317. The minimum Gasteiger partial charge on any atom is -0.399 e. The number of hydrogen-bond acceptors (Lipinski definition) is 5. The molecular formula is C6H8N4O2. The second-order valence-electron chi connectivity index (χ2n) is 2.31. The van der Waals surface area contributed by atoms with E-state index in [1.807, 2.05) is 0 Å². The van der Waals surface area contributed by atoms with E-state index in [0.717, 1.165) is 0 Å². The van der Waals surface area contributed by atoms with Crippen LogP contribution < -0.4 is 17.2 Å². The molecule has 6 nitrogen and oxygen atoms in total. The van der Waals surface area contributed by atoms with Gasteiger partial charge < -0.3 is 17.2 Å². The van der Waals surface area contributed by atoms with Crippen LogP contribution in [0.15, 0.2) is 12.1 Å². The molecule has 0 unspecified atom stereocenters. The summed E-state index contributed by atoms with van der Waals surface area (Å²) in [4.78, 5) is 9.72. The van der Waals surface area contributed by atoms with Gasteiger partial charge >= 0.3 is 5.69 Å². The van der Waals surface area contributed by atoms with Gasteiger partial charge in [0.15, 0.2) is 0 Å². The molecule has 0 aliphatic rings. The fourth-order valence-corrected chi connectivity index (χ4v) is 0.915. The number of nitrogen functional groups attached to an aromatic ring is 3. The van der Waals surface area contributed by atoms with E-state index in [9.17, 15) is 10.1 Å². The molecule has 64 valence electrons. The van der Waals surface area contributed by atoms with Crippen molar-refractivity contribution in [2.24, 2.45) is 0 Å². The van der Waals surface area contributed by atoms with E-state index in [4.69, 9.17) is 17.2 Å². The Balaban J connectivity index is 3.38. The summed E-state index contributed by atoms with van der Waals surface area (Å²) in [7, 11) is 0. The predicted octanol–water partition coefficient (Wildman–Crippen LogP) is 0.341. The predicted molar refractivity (Wildman–Crippen MR) is 46.3 cm³/mol. The highest BCUT2D eigenvalue weighted by Crippen LogP contribution is 2.30. The molecule has 0 aromatic heterocycles. The second kappa shape index (κ2) is 2.57. The van der Waals surface area contributed by atoms with Crippen molar-refractivity contribution >= 4 is 22.7 Å². The van der Waals surface area contributed by atoms with Crippen molar-refractivity contribution in [3.63, 3.8) is 0 Å². The molecule has 1 aromatic carbocycles. The Morgan fingerprint density at radius 3 is 1.92 bits per heavy atom. The highest BCUT2D eigenvalue weighted by Gasteiger charge is 2.16. The molecule has 0 spiro atoms. The molecule has 0 aliphatic carbocycles. The minimum absolute atomic E-state index is 0.0162. The van der Waals surface area contributed by atoms with E-state index < -0.39 is 4.92 Å². The highest BCUT2D eigenvalue weighted by atomic mass is 16.6. The van der Waals surface area contributed by atoms with Gasteiger partial charge in [0.1, 0.15) is 11.4 Å². The molecule has 0 amide bonds. The zero-order valence-electron chi connectivity index (χ0n) is 6.15. The van der Waals surface area contributed by atoms with Crippen molar-refractivity contribution in [3.05, 3.63) is 22.2 Å². The molecular weight excluding hydrogens is 160 g/mol. The largest absolute Gasteiger partial charge is 0.399 e. The average Bonchev–Trinajstić information content (AvgIpc) is 1.82. The standard InChI is InChI=1S/C6H8N4O2/c7-3-1-4(8)6(10(11)12)5(9)2-3/h1-2H,7-9H2. The summed E-state index contributed by atoms with van der Waals surface area (Å²) in [5.74, 6) is 0. The maximum absolute atomic E-state index is 10.4. The van der Waals surface area contributed by atoms with Crippen molar-refractivity contribution in [1.29, 1.82) is 0 Å². The van der Waals surface area contributed by atoms with Gasteiger partial charge in [-0.2, -0.15) is 0 Å². The van der Waals surface area contributed by atoms with Crippen LogP contribution in [0.1, 0.15) is 0 Å². The van der Waals surface area contributed by atoms with Crippen molar-refractivity contribution in [3.8, 4) is 0 Å². The van der Waals surface area contributed by atoms with Gasteiger partial charge in [0, 0.05) is 5.69 Å². The van der Waals surface area contributed by atoms with Crippen molar-refractivity contribution in [2.45, 2.75) is 0 Å². The van der Waals surface area contributed by atoms with E-state index in [1.165, 1.54) is 12.1 Å². The van der Waals surface area contributed by atoms with Gasteiger partial charge in [0.25, 0.3) is 0 Å². The summed E-state index contributed by atoms with van der Waals surface area (Å²) >= 11 is 0. The van der Waals surface area contributed by atoms with Crippen molar-refractivity contribution < 1.29 is 4.92 Å². The Morgan fingerprint density at radius 2 is 1.58 bits per heavy atom. The number of rotatable bonds is 1. The van der Waals surface area contributed by atoms with Crippen LogP contribution in [0.5, 0.6) is 0 Å². The second-order valence-corrected chi connectivity index (χ2v) is 2.31. The highest BCUT2D eigenvalue weighted by molar-refractivity contribution is 5.77. The van der Waals surface area contributed by atoms with E-state index in [1.54, 1.807) is 0 Å². The molecule has 1 aromatic rings. The first-order chi connectivity index (χ1) is 5.52. The third-order valence-corrected chi connectivity index (χ3v) is 1.37. The van der Waals surface area contributed by atoms with Crippen LogP contribution in [-0.2, 0) is 0 Å². The molecule has 0 saturated carbocycles. The summed E-state index contributed by atoms with van der Waals surface area (Å²) in [5.41, 5.74) is 16.0. The van der Waals surface area contributed by atoms with Gasteiger partial charge in [-0.25, -0.2) is 0 Å². The molecule has 0 fully saturated rings. The normalized spacial score (nSPS) is 9.67. The maximum Gasteiger partial charge on any atom is 0.314 e. The molecule has 0 heterocycles. The molecule has 12 heavy (non-hydrogen) atoms. The van der Waals surface area contributed by atoms with Crippen LogP contribution in [0.4, 0.5) is 22.7 Å². The number of nitrogens with two attached hydrogens (primary N) is 3. The fourth-order valence-electron chi connectivity index (χ4n) is 0.915. The number of hydrogen-bond donors (Lipinski definition) is 3. The molecule has 0 bridgehead atoms. The van der Waals surface area contributed by atoms with Crippen LogP contribution in [0.3, 0.4) is 0 Å². The van der Waals surface area contributed by atoms with Crippen molar-refractivity contribution in [1.82, 2.24) is 0 Å². The monoisotopic (exact) mass is 168 g/mol.